The highest BCUT2D eigenvalue weighted by Gasteiger charge is 2.10. The minimum Gasteiger partial charge on any atom is -0.449 e. The van der Waals surface area contributed by atoms with Crippen molar-refractivity contribution in [2.24, 2.45) is 5.92 Å². The normalized spacial score (nSPS) is 12.0. The highest BCUT2D eigenvalue weighted by atomic mass is 32.1. The molecule has 1 aromatic heterocycles. The van der Waals surface area contributed by atoms with Gasteiger partial charge in [-0.25, -0.2) is 9.78 Å². The SMILES string of the molecule is CCCCC(CC)COC(=O)Nc1ccc(-c2csc(C)n2)cc1. The third kappa shape index (κ3) is 5.64. The van der Waals surface area contributed by atoms with E-state index in [1.54, 1.807) is 11.3 Å². The molecule has 130 valence electrons. The summed E-state index contributed by atoms with van der Waals surface area (Å²) in [7, 11) is 0. The lowest BCUT2D eigenvalue weighted by atomic mass is 10.0. The smallest absolute Gasteiger partial charge is 0.411 e. The second-order valence-corrected chi connectivity index (χ2v) is 7.03. The van der Waals surface area contributed by atoms with Gasteiger partial charge in [-0.2, -0.15) is 0 Å². The molecular weight excluding hydrogens is 320 g/mol. The van der Waals surface area contributed by atoms with Crippen LogP contribution in [0.5, 0.6) is 0 Å². The molecule has 0 saturated heterocycles. The minimum absolute atomic E-state index is 0.387. The number of carbonyl (C=O) groups excluding carboxylic acids is 1. The Morgan fingerprint density at radius 2 is 2.04 bits per heavy atom. The van der Waals surface area contributed by atoms with Gasteiger partial charge in [0.2, 0.25) is 0 Å². The number of unbranched alkanes of at least 4 members (excludes halogenated alkanes) is 1. The first-order chi connectivity index (χ1) is 11.6. The van der Waals surface area contributed by atoms with Gasteiger partial charge in [0.05, 0.1) is 17.3 Å². The number of hydrogen-bond donors (Lipinski definition) is 1. The van der Waals surface area contributed by atoms with Crippen LogP contribution >= 0.6 is 11.3 Å². The molecule has 0 aliphatic rings. The molecule has 0 spiro atoms. The summed E-state index contributed by atoms with van der Waals surface area (Å²) in [6.07, 6.45) is 4.12. The highest BCUT2D eigenvalue weighted by Crippen LogP contribution is 2.23. The van der Waals surface area contributed by atoms with Crippen LogP contribution in [0, 0.1) is 12.8 Å². The van der Waals surface area contributed by atoms with Gasteiger partial charge in [0.15, 0.2) is 0 Å². The molecule has 2 aromatic rings. The topological polar surface area (TPSA) is 51.2 Å². The second kappa shape index (κ2) is 9.42. The maximum Gasteiger partial charge on any atom is 0.411 e. The Labute approximate surface area is 148 Å². The van der Waals surface area contributed by atoms with Crippen molar-refractivity contribution in [3.63, 3.8) is 0 Å². The van der Waals surface area contributed by atoms with Crippen LogP contribution in [0.15, 0.2) is 29.6 Å². The molecule has 0 aliphatic carbocycles. The average molecular weight is 346 g/mol. The molecule has 2 rings (SSSR count). The van der Waals surface area contributed by atoms with E-state index in [0.717, 1.165) is 34.8 Å². The van der Waals surface area contributed by atoms with Gasteiger partial charge in [-0.3, -0.25) is 5.32 Å². The van der Waals surface area contributed by atoms with E-state index in [-0.39, 0.29) is 6.09 Å². The number of nitrogens with zero attached hydrogens (tertiary/aromatic N) is 1. The van der Waals surface area contributed by atoms with Crippen molar-refractivity contribution in [1.29, 1.82) is 0 Å². The summed E-state index contributed by atoms with van der Waals surface area (Å²) in [5.41, 5.74) is 2.74. The zero-order valence-corrected chi connectivity index (χ0v) is 15.5. The molecule has 4 nitrogen and oxygen atoms in total. The van der Waals surface area contributed by atoms with Crippen LogP contribution in [0.4, 0.5) is 10.5 Å². The zero-order chi connectivity index (χ0) is 17.4. The fourth-order valence-corrected chi connectivity index (χ4v) is 3.09. The monoisotopic (exact) mass is 346 g/mol. The minimum atomic E-state index is -0.387. The lowest BCUT2D eigenvalue weighted by Crippen LogP contribution is -2.18. The number of anilines is 1. The quantitative estimate of drug-likeness (QED) is 0.649. The summed E-state index contributed by atoms with van der Waals surface area (Å²) >= 11 is 1.63. The Morgan fingerprint density at radius 1 is 1.29 bits per heavy atom. The summed E-state index contributed by atoms with van der Waals surface area (Å²) in [6, 6.07) is 7.67. The van der Waals surface area contributed by atoms with E-state index >= 15 is 0 Å². The maximum atomic E-state index is 11.9. The molecule has 0 aliphatic heterocycles. The van der Waals surface area contributed by atoms with Crippen LogP contribution in [-0.4, -0.2) is 17.7 Å². The van der Waals surface area contributed by atoms with E-state index in [2.05, 4.69) is 24.1 Å². The van der Waals surface area contributed by atoms with Crippen molar-refractivity contribution in [2.45, 2.75) is 46.5 Å². The second-order valence-electron chi connectivity index (χ2n) is 5.97. The van der Waals surface area contributed by atoms with E-state index < -0.39 is 0 Å². The molecule has 1 aromatic carbocycles. The lowest BCUT2D eigenvalue weighted by Gasteiger charge is -2.15. The standard InChI is InChI=1S/C19H26N2O2S/c1-4-6-7-15(5-2)12-23-19(22)21-17-10-8-16(9-11-17)18-13-24-14(3)20-18/h8-11,13,15H,4-7,12H2,1-3H3,(H,21,22). The Hall–Kier alpha value is -1.88. The molecule has 1 N–H and O–H groups in total. The number of amides is 1. The number of rotatable bonds is 8. The number of benzene rings is 1. The first-order valence-electron chi connectivity index (χ1n) is 8.58. The van der Waals surface area contributed by atoms with Crippen molar-refractivity contribution >= 4 is 23.1 Å². The van der Waals surface area contributed by atoms with Crippen LogP contribution in [0.3, 0.4) is 0 Å². The van der Waals surface area contributed by atoms with Crippen LogP contribution in [0.1, 0.15) is 44.5 Å². The van der Waals surface area contributed by atoms with E-state index in [1.807, 2.05) is 36.6 Å². The van der Waals surface area contributed by atoms with Crippen molar-refractivity contribution in [3.05, 3.63) is 34.7 Å². The van der Waals surface area contributed by atoms with E-state index in [1.165, 1.54) is 12.8 Å². The Balaban J connectivity index is 1.83. The van der Waals surface area contributed by atoms with Crippen LogP contribution in [0.25, 0.3) is 11.3 Å². The van der Waals surface area contributed by atoms with E-state index in [9.17, 15) is 4.79 Å². The third-order valence-corrected chi connectivity index (χ3v) is 4.81. The molecule has 1 unspecified atom stereocenters. The van der Waals surface area contributed by atoms with Gasteiger partial charge in [0.25, 0.3) is 0 Å². The number of nitrogens with one attached hydrogen (secondary N) is 1. The van der Waals surface area contributed by atoms with Crippen molar-refractivity contribution in [1.82, 2.24) is 4.98 Å². The van der Waals surface area contributed by atoms with Crippen LogP contribution < -0.4 is 5.32 Å². The predicted molar refractivity (Wildman–Crippen MR) is 101 cm³/mol. The van der Waals surface area contributed by atoms with E-state index in [4.69, 9.17) is 4.74 Å². The van der Waals surface area contributed by atoms with Crippen molar-refractivity contribution in [2.75, 3.05) is 11.9 Å². The van der Waals surface area contributed by atoms with Gasteiger partial charge >= 0.3 is 6.09 Å². The Morgan fingerprint density at radius 3 is 2.62 bits per heavy atom. The van der Waals surface area contributed by atoms with Gasteiger partial charge in [-0.15, -0.1) is 11.3 Å². The number of carbonyl (C=O) groups is 1. The number of aryl methyl sites for hydroxylation is 1. The van der Waals surface area contributed by atoms with E-state index in [0.29, 0.717) is 12.5 Å². The van der Waals surface area contributed by atoms with Gasteiger partial charge in [0.1, 0.15) is 0 Å². The molecule has 0 bridgehead atoms. The molecule has 5 heteroatoms. The molecule has 0 fully saturated rings. The average Bonchev–Trinajstić information content (AvgIpc) is 3.02. The molecule has 24 heavy (non-hydrogen) atoms. The zero-order valence-electron chi connectivity index (χ0n) is 14.7. The first-order valence-corrected chi connectivity index (χ1v) is 9.46. The van der Waals surface area contributed by atoms with Crippen molar-refractivity contribution in [3.8, 4) is 11.3 Å². The van der Waals surface area contributed by atoms with Crippen LogP contribution in [-0.2, 0) is 4.74 Å². The summed E-state index contributed by atoms with van der Waals surface area (Å²) in [5.74, 6) is 0.450. The Bertz CT molecular complexity index is 637. The fourth-order valence-electron chi connectivity index (χ4n) is 2.47. The molecule has 1 heterocycles. The summed E-state index contributed by atoms with van der Waals surface area (Å²) in [6.45, 7) is 6.79. The number of thiazole rings is 1. The predicted octanol–water partition coefficient (Wildman–Crippen LogP) is 5.88. The molecule has 1 atom stereocenters. The Kier molecular flexibility index (Phi) is 7.25. The molecule has 0 radical (unpaired) electrons. The van der Waals surface area contributed by atoms with Crippen LogP contribution in [0.2, 0.25) is 0 Å². The summed E-state index contributed by atoms with van der Waals surface area (Å²) < 4.78 is 5.35. The maximum absolute atomic E-state index is 11.9. The fraction of sp³-hybridized carbons (Fsp3) is 0.474. The van der Waals surface area contributed by atoms with Gasteiger partial charge in [-0.05, 0) is 31.4 Å². The third-order valence-electron chi connectivity index (χ3n) is 4.04. The first kappa shape index (κ1) is 18.5. The molecular formula is C19H26N2O2S. The summed E-state index contributed by atoms with van der Waals surface area (Å²) in [4.78, 5) is 16.4. The number of hydrogen-bond acceptors (Lipinski definition) is 4. The molecule has 1 amide bonds. The lowest BCUT2D eigenvalue weighted by molar-refractivity contribution is 0.136. The number of ether oxygens (including phenoxy) is 1. The van der Waals surface area contributed by atoms with Gasteiger partial charge in [0, 0.05) is 16.6 Å². The van der Waals surface area contributed by atoms with Gasteiger partial charge < -0.3 is 4.74 Å². The molecule has 0 saturated carbocycles. The largest absolute Gasteiger partial charge is 0.449 e. The summed E-state index contributed by atoms with van der Waals surface area (Å²) in [5, 5.41) is 5.86. The van der Waals surface area contributed by atoms with Crippen molar-refractivity contribution < 1.29 is 9.53 Å². The highest BCUT2D eigenvalue weighted by molar-refractivity contribution is 7.09. The number of aromatic nitrogens is 1. The van der Waals surface area contributed by atoms with Gasteiger partial charge in [-0.1, -0.05) is 45.2 Å².